The van der Waals surface area contributed by atoms with Crippen LogP contribution >= 0.6 is 0 Å². The average molecular weight is 328 g/mol. The molecule has 2 aliphatic carbocycles. The van der Waals surface area contributed by atoms with Crippen molar-refractivity contribution in [1.29, 1.82) is 0 Å². The number of nitrogens with zero attached hydrogens (tertiary/aromatic N) is 1. The Hall–Kier alpha value is -2.01. The molecule has 1 unspecified atom stereocenters. The second-order valence-electron chi connectivity index (χ2n) is 7.06. The van der Waals surface area contributed by atoms with Crippen LogP contribution in [0, 0.1) is 12.8 Å². The summed E-state index contributed by atoms with van der Waals surface area (Å²) in [7, 11) is 1.64. The highest BCUT2D eigenvalue weighted by Crippen LogP contribution is 2.42. The lowest BCUT2D eigenvalue weighted by molar-refractivity contribution is 0.0902. The molecule has 1 aromatic heterocycles. The molecule has 2 N–H and O–H groups in total. The monoisotopic (exact) mass is 328 g/mol. The SMILES string of the molecule is COc1ccc2c(c1)c(C(=O)NCC(O)C1CC1)c(C)n2C1CC1. The minimum Gasteiger partial charge on any atom is -0.497 e. The van der Waals surface area contributed by atoms with Crippen molar-refractivity contribution in [2.45, 2.75) is 44.8 Å². The van der Waals surface area contributed by atoms with E-state index in [-0.39, 0.29) is 5.91 Å². The molecule has 0 spiro atoms. The third-order valence-electron chi connectivity index (χ3n) is 5.23. The van der Waals surface area contributed by atoms with Crippen molar-refractivity contribution in [2.75, 3.05) is 13.7 Å². The summed E-state index contributed by atoms with van der Waals surface area (Å²) in [5, 5.41) is 13.9. The van der Waals surface area contributed by atoms with Gasteiger partial charge in [0.15, 0.2) is 0 Å². The normalized spacial score (nSPS) is 18.6. The second kappa shape index (κ2) is 5.81. The number of hydrogen-bond donors (Lipinski definition) is 2. The average Bonchev–Trinajstić information content (AvgIpc) is 3.47. The van der Waals surface area contributed by atoms with Gasteiger partial charge < -0.3 is 19.7 Å². The fraction of sp³-hybridized carbons (Fsp3) is 0.526. The lowest BCUT2D eigenvalue weighted by Gasteiger charge is -2.11. The van der Waals surface area contributed by atoms with Crippen LogP contribution in [0.5, 0.6) is 5.75 Å². The van der Waals surface area contributed by atoms with Crippen LogP contribution in [0.15, 0.2) is 18.2 Å². The second-order valence-corrected chi connectivity index (χ2v) is 7.06. The zero-order valence-electron chi connectivity index (χ0n) is 14.2. The maximum absolute atomic E-state index is 12.8. The third-order valence-corrected chi connectivity index (χ3v) is 5.23. The molecule has 1 atom stereocenters. The maximum atomic E-state index is 12.8. The quantitative estimate of drug-likeness (QED) is 0.857. The van der Waals surface area contributed by atoms with Crippen molar-refractivity contribution in [3.8, 4) is 5.75 Å². The Morgan fingerprint density at radius 2 is 2.12 bits per heavy atom. The number of ether oxygens (including phenoxy) is 1. The van der Waals surface area contributed by atoms with Gasteiger partial charge in [-0.2, -0.15) is 0 Å². The van der Waals surface area contributed by atoms with Crippen molar-refractivity contribution in [2.24, 2.45) is 5.92 Å². The molecule has 0 radical (unpaired) electrons. The first kappa shape index (κ1) is 15.5. The van der Waals surface area contributed by atoms with Crippen molar-refractivity contribution in [1.82, 2.24) is 9.88 Å². The summed E-state index contributed by atoms with van der Waals surface area (Å²) < 4.78 is 7.62. The Morgan fingerprint density at radius 1 is 1.38 bits per heavy atom. The van der Waals surface area contributed by atoms with E-state index in [0.717, 1.165) is 48.0 Å². The van der Waals surface area contributed by atoms with Crippen molar-refractivity contribution >= 4 is 16.8 Å². The molecule has 0 aliphatic heterocycles. The number of aromatic nitrogens is 1. The van der Waals surface area contributed by atoms with Crippen molar-refractivity contribution in [3.05, 3.63) is 29.5 Å². The molecule has 5 nitrogen and oxygen atoms in total. The topological polar surface area (TPSA) is 63.5 Å². The van der Waals surface area contributed by atoms with Crippen LogP contribution in [0.25, 0.3) is 10.9 Å². The lowest BCUT2D eigenvalue weighted by atomic mass is 10.1. The molecular weight excluding hydrogens is 304 g/mol. The van der Waals surface area contributed by atoms with E-state index in [1.165, 1.54) is 0 Å². The van der Waals surface area contributed by atoms with Crippen LogP contribution in [0.3, 0.4) is 0 Å². The van der Waals surface area contributed by atoms with Crippen LogP contribution in [-0.2, 0) is 0 Å². The summed E-state index contributed by atoms with van der Waals surface area (Å²) in [4.78, 5) is 12.8. The summed E-state index contributed by atoms with van der Waals surface area (Å²) in [6.07, 6.45) is 4.03. The molecule has 24 heavy (non-hydrogen) atoms. The van der Waals surface area contributed by atoms with Crippen LogP contribution in [0.4, 0.5) is 0 Å². The molecule has 1 heterocycles. The number of hydrogen-bond acceptors (Lipinski definition) is 3. The Labute approximate surface area is 141 Å². The predicted octanol–water partition coefficient (Wildman–Crippen LogP) is 2.79. The van der Waals surface area contributed by atoms with E-state index < -0.39 is 6.10 Å². The predicted molar refractivity (Wildman–Crippen MR) is 92.6 cm³/mol. The van der Waals surface area contributed by atoms with Gasteiger partial charge in [-0.3, -0.25) is 4.79 Å². The maximum Gasteiger partial charge on any atom is 0.253 e. The van der Waals surface area contributed by atoms with Gasteiger partial charge in [0.2, 0.25) is 0 Å². The van der Waals surface area contributed by atoms with Crippen LogP contribution in [0.2, 0.25) is 0 Å². The first-order chi connectivity index (χ1) is 11.6. The lowest BCUT2D eigenvalue weighted by Crippen LogP contribution is -2.33. The van der Waals surface area contributed by atoms with Gasteiger partial charge in [0, 0.05) is 29.2 Å². The van der Waals surface area contributed by atoms with Gasteiger partial charge in [-0.25, -0.2) is 0 Å². The fourth-order valence-electron chi connectivity index (χ4n) is 3.57. The highest BCUT2D eigenvalue weighted by Gasteiger charge is 2.32. The molecule has 1 aromatic carbocycles. The highest BCUT2D eigenvalue weighted by molar-refractivity contribution is 6.08. The number of aliphatic hydroxyl groups excluding tert-OH is 1. The molecule has 5 heteroatoms. The summed E-state index contributed by atoms with van der Waals surface area (Å²) in [6.45, 7) is 2.33. The van der Waals surface area contributed by atoms with Crippen LogP contribution in [0.1, 0.15) is 47.8 Å². The van der Waals surface area contributed by atoms with Gasteiger partial charge in [0.25, 0.3) is 5.91 Å². The Kier molecular flexibility index (Phi) is 3.76. The molecule has 128 valence electrons. The number of amides is 1. The molecule has 2 saturated carbocycles. The Bertz CT molecular complexity index is 787. The summed E-state index contributed by atoms with van der Waals surface area (Å²) in [5.74, 6) is 1.01. The molecule has 2 aliphatic rings. The highest BCUT2D eigenvalue weighted by atomic mass is 16.5. The van der Waals surface area contributed by atoms with E-state index in [0.29, 0.717) is 24.1 Å². The molecule has 0 saturated heterocycles. The van der Waals surface area contributed by atoms with Gasteiger partial charge in [0.05, 0.1) is 18.8 Å². The molecule has 2 aromatic rings. The van der Waals surface area contributed by atoms with Crippen molar-refractivity contribution in [3.63, 3.8) is 0 Å². The number of nitrogens with one attached hydrogen (secondary N) is 1. The van der Waals surface area contributed by atoms with Crippen molar-refractivity contribution < 1.29 is 14.6 Å². The van der Waals surface area contributed by atoms with Crippen LogP contribution in [-0.4, -0.2) is 35.3 Å². The number of fused-ring (bicyclic) bond motifs is 1. The van der Waals surface area contributed by atoms with E-state index >= 15 is 0 Å². The number of methoxy groups -OCH3 is 1. The molecule has 1 amide bonds. The first-order valence-electron chi connectivity index (χ1n) is 8.75. The van der Waals surface area contributed by atoms with Gasteiger partial charge in [-0.1, -0.05) is 0 Å². The number of benzene rings is 1. The molecular formula is C19H24N2O3. The third kappa shape index (κ3) is 2.67. The van der Waals surface area contributed by atoms with Gasteiger partial charge in [-0.15, -0.1) is 0 Å². The van der Waals surface area contributed by atoms with E-state index in [1.807, 2.05) is 25.1 Å². The summed E-state index contributed by atoms with van der Waals surface area (Å²) in [5.41, 5.74) is 2.79. The minimum absolute atomic E-state index is 0.107. The van der Waals surface area contributed by atoms with Crippen LogP contribution < -0.4 is 10.1 Å². The van der Waals surface area contributed by atoms with E-state index in [4.69, 9.17) is 4.74 Å². The Balaban J connectivity index is 1.69. The molecule has 2 fully saturated rings. The number of carbonyl (C=O) groups is 1. The minimum atomic E-state index is -0.430. The number of carbonyl (C=O) groups excluding carboxylic acids is 1. The zero-order chi connectivity index (χ0) is 16.8. The molecule has 4 rings (SSSR count). The molecule has 0 bridgehead atoms. The van der Waals surface area contributed by atoms with Gasteiger partial charge >= 0.3 is 0 Å². The number of aliphatic hydroxyl groups is 1. The smallest absolute Gasteiger partial charge is 0.253 e. The fourth-order valence-corrected chi connectivity index (χ4v) is 3.57. The summed E-state index contributed by atoms with van der Waals surface area (Å²) in [6, 6.07) is 6.42. The first-order valence-corrected chi connectivity index (χ1v) is 8.75. The Morgan fingerprint density at radius 3 is 2.75 bits per heavy atom. The van der Waals surface area contributed by atoms with Gasteiger partial charge in [-0.05, 0) is 56.7 Å². The zero-order valence-corrected chi connectivity index (χ0v) is 14.2. The van der Waals surface area contributed by atoms with E-state index in [9.17, 15) is 9.90 Å². The summed E-state index contributed by atoms with van der Waals surface area (Å²) >= 11 is 0. The largest absolute Gasteiger partial charge is 0.497 e. The van der Waals surface area contributed by atoms with Gasteiger partial charge in [0.1, 0.15) is 5.75 Å². The standard InChI is InChI=1S/C19H24N2O3/c1-11-18(19(23)20-10-17(22)12-3-4-12)15-9-14(24-2)7-8-16(15)21(11)13-5-6-13/h7-9,12-13,17,22H,3-6,10H2,1-2H3,(H,20,23). The van der Waals surface area contributed by atoms with E-state index in [2.05, 4.69) is 9.88 Å². The van der Waals surface area contributed by atoms with E-state index in [1.54, 1.807) is 7.11 Å². The number of rotatable bonds is 6.